The number of rotatable bonds is 5. The fourth-order valence-corrected chi connectivity index (χ4v) is 3.89. The van der Waals surface area contributed by atoms with Crippen LogP contribution in [-0.4, -0.2) is 19.2 Å². The van der Waals surface area contributed by atoms with Gasteiger partial charge in [-0.2, -0.15) is 0 Å². The van der Waals surface area contributed by atoms with Gasteiger partial charge in [0.2, 0.25) is 0 Å². The van der Waals surface area contributed by atoms with Crippen LogP contribution in [0.2, 0.25) is 5.02 Å². The van der Waals surface area contributed by atoms with Gasteiger partial charge in [0.25, 0.3) is 0 Å². The van der Waals surface area contributed by atoms with E-state index in [-0.39, 0.29) is 0 Å². The first-order valence-electron chi connectivity index (χ1n) is 7.92. The summed E-state index contributed by atoms with van der Waals surface area (Å²) in [6.45, 7) is 1.98. The van der Waals surface area contributed by atoms with E-state index in [4.69, 9.17) is 16.3 Å². The molecule has 0 atom stereocenters. The Labute approximate surface area is 125 Å². The predicted octanol–water partition coefficient (Wildman–Crippen LogP) is 3.74. The van der Waals surface area contributed by atoms with Crippen LogP contribution in [0, 0.1) is 5.41 Å². The van der Waals surface area contributed by atoms with Crippen LogP contribution < -0.4 is 10.1 Å². The van der Waals surface area contributed by atoms with Gasteiger partial charge in [-0.3, -0.25) is 0 Å². The lowest BCUT2D eigenvalue weighted by atomic mass is 9.65. The zero-order chi connectivity index (χ0) is 13.6. The molecule has 2 nitrogen and oxygen atoms in total. The molecular weight excluding hydrogens is 270 g/mol. The molecule has 108 valence electrons. The lowest BCUT2D eigenvalue weighted by molar-refractivity contribution is 0.128. The second-order valence-electron chi connectivity index (χ2n) is 6.84. The van der Waals surface area contributed by atoms with Crippen molar-refractivity contribution in [3.63, 3.8) is 0 Å². The Morgan fingerprint density at radius 2 is 2.15 bits per heavy atom. The molecule has 20 heavy (non-hydrogen) atoms. The van der Waals surface area contributed by atoms with Crippen molar-refractivity contribution in [2.45, 2.75) is 51.0 Å². The van der Waals surface area contributed by atoms with E-state index >= 15 is 0 Å². The third-order valence-electron chi connectivity index (χ3n) is 5.15. The van der Waals surface area contributed by atoms with Crippen molar-refractivity contribution >= 4 is 11.6 Å². The zero-order valence-electron chi connectivity index (χ0n) is 11.9. The van der Waals surface area contributed by atoms with Crippen molar-refractivity contribution in [1.82, 2.24) is 5.32 Å². The summed E-state index contributed by atoms with van der Waals surface area (Å²) in [6.07, 6.45) is 8.92. The fourth-order valence-electron chi connectivity index (χ4n) is 3.62. The second-order valence-corrected chi connectivity index (χ2v) is 7.27. The Hall–Kier alpha value is -0.730. The Bertz CT molecular complexity index is 520. The molecule has 0 aromatic heterocycles. The molecule has 4 rings (SSSR count). The van der Waals surface area contributed by atoms with Gasteiger partial charge < -0.3 is 10.1 Å². The first-order chi connectivity index (χ1) is 9.74. The van der Waals surface area contributed by atoms with Crippen LogP contribution in [-0.2, 0) is 12.8 Å². The van der Waals surface area contributed by atoms with Gasteiger partial charge in [0, 0.05) is 24.0 Å². The van der Waals surface area contributed by atoms with Gasteiger partial charge in [-0.15, -0.1) is 0 Å². The Morgan fingerprint density at radius 3 is 2.85 bits per heavy atom. The van der Waals surface area contributed by atoms with Gasteiger partial charge in [-0.1, -0.05) is 18.0 Å². The molecule has 1 aromatic rings. The van der Waals surface area contributed by atoms with Crippen LogP contribution in [0.4, 0.5) is 0 Å². The van der Waals surface area contributed by atoms with E-state index in [1.54, 1.807) is 0 Å². The van der Waals surface area contributed by atoms with Gasteiger partial charge in [0.15, 0.2) is 0 Å². The molecule has 0 spiro atoms. The van der Waals surface area contributed by atoms with E-state index in [9.17, 15) is 0 Å². The minimum atomic E-state index is 0.451. The van der Waals surface area contributed by atoms with Crippen molar-refractivity contribution in [3.8, 4) is 5.75 Å². The summed E-state index contributed by atoms with van der Waals surface area (Å²) in [5.74, 6) is 1.13. The van der Waals surface area contributed by atoms with Crippen LogP contribution in [0.3, 0.4) is 0 Å². The molecule has 2 fully saturated rings. The quantitative estimate of drug-likeness (QED) is 0.892. The van der Waals surface area contributed by atoms with Crippen molar-refractivity contribution in [2.24, 2.45) is 5.41 Å². The van der Waals surface area contributed by atoms with Crippen molar-refractivity contribution < 1.29 is 4.74 Å². The zero-order valence-corrected chi connectivity index (χ0v) is 12.6. The monoisotopic (exact) mass is 291 g/mol. The number of hydrogen-bond donors (Lipinski definition) is 1. The summed E-state index contributed by atoms with van der Waals surface area (Å²) in [6, 6.07) is 5.00. The maximum Gasteiger partial charge on any atom is 0.125 e. The lowest BCUT2D eigenvalue weighted by Crippen LogP contribution is -2.42. The average Bonchev–Trinajstić information content (AvgIpc) is 3.09. The summed E-state index contributed by atoms with van der Waals surface area (Å²) in [4.78, 5) is 0. The Kier molecular flexibility index (Phi) is 3.19. The standard InChI is InChI=1S/C17H22ClNO/c18-14-8-12-4-7-20-16(12)13(9-14)10-17(5-1-6-17)11-19-15-2-3-15/h8-9,15,19H,1-7,10-11H2. The number of ether oxygens (including phenoxy) is 1. The molecule has 1 N–H and O–H groups in total. The van der Waals surface area contributed by atoms with E-state index in [2.05, 4.69) is 17.4 Å². The molecule has 2 aliphatic carbocycles. The van der Waals surface area contributed by atoms with Crippen LogP contribution in [0.1, 0.15) is 43.2 Å². The third kappa shape index (κ3) is 2.44. The topological polar surface area (TPSA) is 21.3 Å². The second kappa shape index (κ2) is 4.92. The van der Waals surface area contributed by atoms with E-state index in [1.165, 1.54) is 49.8 Å². The first-order valence-corrected chi connectivity index (χ1v) is 8.29. The summed E-state index contributed by atoms with van der Waals surface area (Å²) in [5.41, 5.74) is 3.09. The predicted molar refractivity (Wildman–Crippen MR) is 81.7 cm³/mol. The largest absolute Gasteiger partial charge is 0.493 e. The maximum absolute atomic E-state index is 6.28. The number of benzene rings is 1. The summed E-state index contributed by atoms with van der Waals surface area (Å²) < 4.78 is 5.86. The number of fused-ring (bicyclic) bond motifs is 1. The van der Waals surface area contributed by atoms with Gasteiger partial charge in [0.05, 0.1) is 6.61 Å². The fraction of sp³-hybridized carbons (Fsp3) is 0.647. The highest BCUT2D eigenvalue weighted by molar-refractivity contribution is 6.30. The molecule has 0 bridgehead atoms. The van der Waals surface area contributed by atoms with E-state index < -0.39 is 0 Å². The highest BCUT2D eigenvalue weighted by Crippen LogP contribution is 2.46. The van der Waals surface area contributed by atoms with Crippen LogP contribution in [0.5, 0.6) is 5.75 Å². The molecule has 3 aliphatic rings. The molecule has 1 heterocycles. The Balaban J connectivity index is 1.54. The van der Waals surface area contributed by atoms with Crippen molar-refractivity contribution in [3.05, 3.63) is 28.3 Å². The molecule has 0 radical (unpaired) electrons. The number of halogens is 1. The minimum absolute atomic E-state index is 0.451. The number of hydrogen-bond acceptors (Lipinski definition) is 2. The van der Waals surface area contributed by atoms with E-state index in [1.807, 2.05) is 0 Å². The molecular formula is C17H22ClNO. The molecule has 2 saturated carbocycles. The van der Waals surface area contributed by atoms with Crippen molar-refractivity contribution in [2.75, 3.05) is 13.2 Å². The first kappa shape index (κ1) is 13.0. The van der Waals surface area contributed by atoms with Gasteiger partial charge in [0.1, 0.15) is 5.75 Å². The highest BCUT2D eigenvalue weighted by Gasteiger charge is 2.39. The van der Waals surface area contributed by atoms with Crippen LogP contribution in [0.25, 0.3) is 0 Å². The molecule has 3 heteroatoms. The minimum Gasteiger partial charge on any atom is -0.493 e. The number of nitrogens with one attached hydrogen (secondary N) is 1. The normalized spacial score (nSPS) is 23.1. The molecule has 1 aliphatic heterocycles. The van der Waals surface area contributed by atoms with E-state index in [0.717, 1.165) is 36.3 Å². The van der Waals surface area contributed by atoms with Gasteiger partial charge in [-0.05, 0) is 60.8 Å². The van der Waals surface area contributed by atoms with E-state index in [0.29, 0.717) is 5.41 Å². The van der Waals surface area contributed by atoms with Gasteiger partial charge in [-0.25, -0.2) is 0 Å². The highest BCUT2D eigenvalue weighted by atomic mass is 35.5. The van der Waals surface area contributed by atoms with Crippen molar-refractivity contribution in [1.29, 1.82) is 0 Å². The Morgan fingerprint density at radius 1 is 1.30 bits per heavy atom. The average molecular weight is 292 g/mol. The van der Waals surface area contributed by atoms with Crippen LogP contribution >= 0.6 is 11.6 Å². The molecule has 0 amide bonds. The summed E-state index contributed by atoms with van der Waals surface area (Å²) in [7, 11) is 0. The lowest BCUT2D eigenvalue weighted by Gasteiger charge is -2.43. The SMILES string of the molecule is Clc1cc2c(c(CC3(CNC4CC4)CCC3)c1)OCC2. The maximum atomic E-state index is 6.28. The summed E-state index contributed by atoms with van der Waals surface area (Å²) >= 11 is 6.28. The molecule has 1 aromatic carbocycles. The summed E-state index contributed by atoms with van der Waals surface area (Å²) in [5, 5.41) is 4.60. The third-order valence-corrected chi connectivity index (χ3v) is 5.37. The van der Waals surface area contributed by atoms with Crippen LogP contribution in [0.15, 0.2) is 12.1 Å². The van der Waals surface area contributed by atoms with Gasteiger partial charge >= 0.3 is 0 Å². The molecule has 0 unspecified atom stereocenters. The molecule has 0 saturated heterocycles. The smallest absolute Gasteiger partial charge is 0.125 e.